The molecule has 0 radical (unpaired) electrons. The molecule has 4 aromatic rings. The van der Waals surface area contributed by atoms with Crippen molar-refractivity contribution in [1.29, 1.82) is 0 Å². The van der Waals surface area contributed by atoms with E-state index in [9.17, 15) is 44.7 Å². The Morgan fingerprint density at radius 2 is 1.35 bits per heavy atom. The Morgan fingerprint density at radius 3 is 1.93 bits per heavy atom. The van der Waals surface area contributed by atoms with Crippen LogP contribution in [0, 0.1) is 29.1 Å². The molecule has 0 unspecified atom stereocenters. The lowest BCUT2D eigenvalue weighted by atomic mass is 10.2. The molecule has 1 heterocycles. The molecule has 0 saturated carbocycles. The Kier molecular flexibility index (Phi) is 7.57. The molecular weight excluding hydrogens is 564 g/mol. The summed E-state index contributed by atoms with van der Waals surface area (Å²) < 4.78 is 132. The number of hydrogen-bond donors (Lipinski definition) is 0. The van der Waals surface area contributed by atoms with Crippen LogP contribution in [-0.2, 0) is 11.0 Å². The second-order valence-electron chi connectivity index (χ2n) is 7.68. The molecule has 0 bridgehead atoms. The second kappa shape index (κ2) is 10.7. The van der Waals surface area contributed by atoms with Crippen LogP contribution in [0.25, 0.3) is 11.0 Å². The maximum Gasteiger partial charge on any atom is 0.453 e. The van der Waals surface area contributed by atoms with Crippen molar-refractivity contribution in [2.45, 2.75) is 6.18 Å². The standard InChI is InChI=1S/C25H12F8O7/c1-36-10-2-4-11(5-3-10)39-23-21(35)13-7-6-12(8-14(13)40-24(23)25(31,32)33)38-15(34)9-37-22-19(29)17(27)16(26)18(28)20(22)30/h2-8H,9H2,1H3. The number of carbonyl (C=O) groups is 1. The van der Waals surface area contributed by atoms with Gasteiger partial charge >= 0.3 is 12.1 Å². The van der Waals surface area contributed by atoms with E-state index in [1.165, 1.54) is 31.4 Å². The molecule has 3 aromatic carbocycles. The predicted octanol–water partition coefficient (Wildman–Crippen LogP) is 6.29. The van der Waals surface area contributed by atoms with Gasteiger partial charge in [0.1, 0.15) is 22.8 Å². The van der Waals surface area contributed by atoms with Crippen LogP contribution >= 0.6 is 0 Å². The van der Waals surface area contributed by atoms with E-state index >= 15 is 0 Å². The summed E-state index contributed by atoms with van der Waals surface area (Å²) in [6.07, 6.45) is -5.20. The van der Waals surface area contributed by atoms with Gasteiger partial charge in [0.15, 0.2) is 12.4 Å². The van der Waals surface area contributed by atoms with Gasteiger partial charge in [-0.05, 0) is 36.4 Å². The summed E-state index contributed by atoms with van der Waals surface area (Å²) >= 11 is 0. The number of hydrogen-bond acceptors (Lipinski definition) is 7. The summed E-state index contributed by atoms with van der Waals surface area (Å²) in [6.45, 7) is -1.37. The number of methoxy groups -OCH3 is 1. The molecule has 0 atom stereocenters. The third-order valence-corrected chi connectivity index (χ3v) is 5.09. The van der Waals surface area contributed by atoms with Crippen LogP contribution in [0.1, 0.15) is 5.76 Å². The summed E-state index contributed by atoms with van der Waals surface area (Å²) in [4.78, 5) is 24.9. The average Bonchev–Trinajstić information content (AvgIpc) is 2.92. The number of alkyl halides is 3. The van der Waals surface area contributed by atoms with Crippen molar-refractivity contribution in [1.82, 2.24) is 0 Å². The zero-order chi connectivity index (χ0) is 29.4. The lowest BCUT2D eigenvalue weighted by Gasteiger charge is -2.14. The van der Waals surface area contributed by atoms with E-state index in [1.807, 2.05) is 0 Å². The summed E-state index contributed by atoms with van der Waals surface area (Å²) in [5.74, 6) is -18.2. The fourth-order valence-corrected chi connectivity index (χ4v) is 3.26. The monoisotopic (exact) mass is 576 g/mol. The van der Waals surface area contributed by atoms with Gasteiger partial charge in [-0.3, -0.25) is 4.79 Å². The first-order chi connectivity index (χ1) is 18.8. The fourth-order valence-electron chi connectivity index (χ4n) is 3.26. The predicted molar refractivity (Wildman–Crippen MR) is 118 cm³/mol. The molecule has 0 fully saturated rings. The molecular formula is C25H12F8O7. The molecule has 0 aliphatic rings. The van der Waals surface area contributed by atoms with Gasteiger partial charge in [0.2, 0.25) is 40.3 Å². The first-order valence-corrected chi connectivity index (χ1v) is 10.7. The van der Waals surface area contributed by atoms with Gasteiger partial charge in [-0.25, -0.2) is 18.0 Å². The Hall–Kier alpha value is -4.82. The van der Waals surface area contributed by atoms with Gasteiger partial charge in [-0.1, -0.05) is 0 Å². The third-order valence-electron chi connectivity index (χ3n) is 5.09. The van der Waals surface area contributed by atoms with Crippen LogP contribution in [0.15, 0.2) is 51.7 Å². The van der Waals surface area contributed by atoms with Crippen molar-refractivity contribution in [2.24, 2.45) is 0 Å². The maximum atomic E-state index is 13.7. The molecule has 0 saturated heterocycles. The summed E-state index contributed by atoms with van der Waals surface area (Å²) in [7, 11) is 1.36. The molecule has 0 spiro atoms. The van der Waals surface area contributed by atoms with Crippen molar-refractivity contribution in [3.63, 3.8) is 0 Å². The van der Waals surface area contributed by atoms with Crippen LogP contribution in [-0.4, -0.2) is 19.7 Å². The Balaban J connectivity index is 1.60. The zero-order valence-corrected chi connectivity index (χ0v) is 19.6. The highest BCUT2D eigenvalue weighted by Crippen LogP contribution is 2.39. The molecule has 7 nitrogen and oxygen atoms in total. The smallest absolute Gasteiger partial charge is 0.453 e. The molecule has 0 N–H and O–H groups in total. The fraction of sp³-hybridized carbons (Fsp3) is 0.120. The zero-order valence-electron chi connectivity index (χ0n) is 19.6. The van der Waals surface area contributed by atoms with Crippen molar-refractivity contribution in [3.05, 3.63) is 87.5 Å². The number of halogens is 8. The summed E-state index contributed by atoms with van der Waals surface area (Å²) in [5, 5.41) is -0.408. The van der Waals surface area contributed by atoms with E-state index in [0.29, 0.717) is 5.75 Å². The first kappa shape index (κ1) is 28.2. The highest BCUT2D eigenvalue weighted by Gasteiger charge is 2.40. The third kappa shape index (κ3) is 5.48. The maximum absolute atomic E-state index is 13.7. The van der Waals surface area contributed by atoms with E-state index in [2.05, 4.69) is 4.74 Å². The molecule has 15 heteroatoms. The Labute approximate surface area is 217 Å². The normalized spacial score (nSPS) is 11.4. The number of carbonyl (C=O) groups excluding carboxylic acids is 1. The molecule has 210 valence electrons. The van der Waals surface area contributed by atoms with Crippen molar-refractivity contribution in [2.75, 3.05) is 13.7 Å². The minimum absolute atomic E-state index is 0.141. The van der Waals surface area contributed by atoms with Crippen LogP contribution in [0.5, 0.6) is 28.7 Å². The van der Waals surface area contributed by atoms with Crippen LogP contribution in [0.3, 0.4) is 0 Å². The Bertz CT molecular complexity index is 1630. The highest BCUT2D eigenvalue weighted by molar-refractivity contribution is 5.81. The minimum atomic E-state index is -5.20. The number of fused-ring (bicyclic) bond motifs is 1. The van der Waals surface area contributed by atoms with E-state index in [0.717, 1.165) is 18.2 Å². The number of rotatable bonds is 7. The SMILES string of the molecule is COc1ccc(Oc2c(C(F)(F)F)oc3cc(OC(=O)COc4c(F)c(F)c(F)c(F)c4F)ccc3c2=O)cc1. The van der Waals surface area contributed by atoms with Gasteiger partial charge in [0.25, 0.3) is 5.76 Å². The van der Waals surface area contributed by atoms with Gasteiger partial charge in [0.05, 0.1) is 12.5 Å². The van der Waals surface area contributed by atoms with Crippen LogP contribution in [0.4, 0.5) is 35.1 Å². The topological polar surface area (TPSA) is 84.2 Å². The van der Waals surface area contributed by atoms with Crippen molar-refractivity contribution < 1.29 is 63.3 Å². The molecule has 0 amide bonds. The van der Waals surface area contributed by atoms with Crippen LogP contribution < -0.4 is 24.4 Å². The lowest BCUT2D eigenvalue weighted by Crippen LogP contribution is -2.19. The lowest BCUT2D eigenvalue weighted by molar-refractivity contribution is -0.154. The van der Waals surface area contributed by atoms with Crippen LogP contribution in [0.2, 0.25) is 0 Å². The first-order valence-electron chi connectivity index (χ1n) is 10.7. The summed E-state index contributed by atoms with van der Waals surface area (Å²) in [5.41, 5.74) is -1.91. The van der Waals surface area contributed by atoms with E-state index < -0.39 is 87.2 Å². The molecule has 1 aromatic heterocycles. The minimum Gasteiger partial charge on any atom is -0.497 e. The van der Waals surface area contributed by atoms with Gasteiger partial charge < -0.3 is 23.4 Å². The second-order valence-corrected chi connectivity index (χ2v) is 7.68. The van der Waals surface area contributed by atoms with Crippen molar-refractivity contribution in [3.8, 4) is 28.7 Å². The quantitative estimate of drug-likeness (QED) is 0.0841. The van der Waals surface area contributed by atoms with Gasteiger partial charge in [-0.2, -0.15) is 22.0 Å². The molecule has 4 rings (SSSR count). The van der Waals surface area contributed by atoms with Gasteiger partial charge in [-0.15, -0.1) is 0 Å². The summed E-state index contributed by atoms with van der Waals surface area (Å²) in [6, 6.07) is 7.87. The number of esters is 1. The molecule has 40 heavy (non-hydrogen) atoms. The largest absolute Gasteiger partial charge is 0.497 e. The molecule has 0 aliphatic carbocycles. The number of benzene rings is 3. The highest BCUT2D eigenvalue weighted by atomic mass is 19.4. The van der Waals surface area contributed by atoms with E-state index in [1.54, 1.807) is 0 Å². The molecule has 0 aliphatic heterocycles. The van der Waals surface area contributed by atoms with E-state index in [4.69, 9.17) is 18.6 Å². The Morgan fingerprint density at radius 1 is 0.800 bits per heavy atom. The van der Waals surface area contributed by atoms with E-state index in [-0.39, 0.29) is 5.75 Å². The van der Waals surface area contributed by atoms with Crippen molar-refractivity contribution >= 4 is 16.9 Å². The van der Waals surface area contributed by atoms with Gasteiger partial charge in [0, 0.05) is 6.07 Å². The number of ether oxygens (including phenoxy) is 4. The average molecular weight is 576 g/mol.